The van der Waals surface area contributed by atoms with Crippen LogP contribution in [-0.4, -0.2) is 13.4 Å². The van der Waals surface area contributed by atoms with Crippen molar-refractivity contribution in [1.82, 2.24) is 4.98 Å². The predicted octanol–water partition coefficient (Wildman–Crippen LogP) is 3.48. The van der Waals surface area contributed by atoms with E-state index in [1.54, 1.807) is 6.07 Å². The van der Waals surface area contributed by atoms with Crippen LogP contribution in [0.2, 0.25) is 5.02 Å². The largest absolute Gasteiger partial charge is 0.263 e. The van der Waals surface area contributed by atoms with Crippen LogP contribution in [0.25, 0.3) is 0 Å². The van der Waals surface area contributed by atoms with Crippen LogP contribution in [-0.2, 0) is 10.0 Å². The molecule has 0 saturated carbocycles. The number of pyridine rings is 1. The van der Waals surface area contributed by atoms with Gasteiger partial charge in [0, 0.05) is 10.7 Å². The lowest BCUT2D eigenvalue weighted by molar-refractivity contribution is 0.601. The van der Waals surface area contributed by atoms with Crippen LogP contribution in [0.1, 0.15) is 11.1 Å². The van der Waals surface area contributed by atoms with Gasteiger partial charge >= 0.3 is 0 Å². The molecule has 2 rings (SSSR count). The minimum atomic E-state index is -3.81. The lowest BCUT2D eigenvalue weighted by Gasteiger charge is -2.09. The average molecular weight is 387 g/mol. The highest BCUT2D eigenvalue weighted by Gasteiger charge is 2.16. The Labute approximate surface area is 135 Å². The van der Waals surface area contributed by atoms with Gasteiger partial charge in [-0.05, 0) is 52.7 Å². The number of aromatic nitrogens is 1. The van der Waals surface area contributed by atoms with Crippen molar-refractivity contribution in [2.24, 2.45) is 0 Å². The van der Waals surface area contributed by atoms with E-state index in [4.69, 9.17) is 16.9 Å². The standard InChI is InChI=1S/C13H9BrClN3O2S/c1-8-4-13(17-7-11(8)14)18-21(19,20)10-3-2-9(6-16)12(15)5-10/h2-5,7H,1H3,(H,17,18). The maximum absolute atomic E-state index is 12.2. The molecule has 8 heteroatoms. The van der Waals surface area contributed by atoms with E-state index in [9.17, 15) is 8.42 Å². The fraction of sp³-hybridized carbons (Fsp3) is 0.0769. The molecule has 1 aromatic heterocycles. The zero-order valence-corrected chi connectivity index (χ0v) is 13.9. The Balaban J connectivity index is 2.36. The van der Waals surface area contributed by atoms with Gasteiger partial charge in [-0.25, -0.2) is 13.4 Å². The van der Waals surface area contributed by atoms with Crippen LogP contribution in [0.5, 0.6) is 0 Å². The van der Waals surface area contributed by atoms with Crippen molar-refractivity contribution in [3.8, 4) is 6.07 Å². The predicted molar refractivity (Wildman–Crippen MR) is 83.6 cm³/mol. The third-order valence-corrected chi connectivity index (χ3v) is 5.15. The van der Waals surface area contributed by atoms with Crippen LogP contribution in [0.15, 0.2) is 39.8 Å². The first kappa shape index (κ1) is 15.8. The summed E-state index contributed by atoms with van der Waals surface area (Å²) in [6.45, 7) is 1.82. The van der Waals surface area contributed by atoms with Crippen molar-refractivity contribution < 1.29 is 8.42 Å². The molecule has 0 fully saturated rings. The molecule has 0 amide bonds. The third kappa shape index (κ3) is 3.53. The molecule has 0 spiro atoms. The van der Waals surface area contributed by atoms with Crippen molar-refractivity contribution in [3.63, 3.8) is 0 Å². The Hall–Kier alpha value is -1.62. The Kier molecular flexibility index (Phi) is 4.52. The summed E-state index contributed by atoms with van der Waals surface area (Å²) in [6, 6.07) is 7.38. The van der Waals surface area contributed by atoms with E-state index in [2.05, 4.69) is 25.6 Å². The lowest BCUT2D eigenvalue weighted by Crippen LogP contribution is -2.14. The summed E-state index contributed by atoms with van der Waals surface area (Å²) in [5, 5.41) is 8.87. The molecule has 0 radical (unpaired) electrons. The summed E-state index contributed by atoms with van der Waals surface area (Å²) in [5.41, 5.74) is 1.06. The van der Waals surface area contributed by atoms with E-state index in [0.29, 0.717) is 0 Å². The van der Waals surface area contributed by atoms with Crippen molar-refractivity contribution in [3.05, 3.63) is 51.1 Å². The summed E-state index contributed by atoms with van der Waals surface area (Å²) < 4.78 is 27.6. The van der Waals surface area contributed by atoms with Crippen molar-refractivity contribution in [2.45, 2.75) is 11.8 Å². The van der Waals surface area contributed by atoms with Gasteiger partial charge in [0.2, 0.25) is 0 Å². The van der Waals surface area contributed by atoms with Crippen LogP contribution in [0.3, 0.4) is 0 Å². The van der Waals surface area contributed by atoms with Gasteiger partial charge in [0.1, 0.15) is 11.9 Å². The van der Waals surface area contributed by atoms with Gasteiger partial charge in [-0.1, -0.05) is 11.6 Å². The summed E-state index contributed by atoms with van der Waals surface area (Å²) in [6.07, 6.45) is 1.51. The number of nitrogens with zero attached hydrogens (tertiary/aromatic N) is 2. The fourth-order valence-electron chi connectivity index (χ4n) is 1.55. The van der Waals surface area contributed by atoms with Crippen molar-refractivity contribution >= 4 is 43.4 Å². The molecule has 1 heterocycles. The number of nitriles is 1. The average Bonchev–Trinajstić information content (AvgIpc) is 2.42. The minimum Gasteiger partial charge on any atom is -0.263 e. The first-order chi connectivity index (χ1) is 9.83. The Morgan fingerprint density at radius 2 is 2.10 bits per heavy atom. The molecule has 0 aliphatic rings. The van der Waals surface area contributed by atoms with E-state index >= 15 is 0 Å². The summed E-state index contributed by atoms with van der Waals surface area (Å²) in [5.74, 6) is 0.205. The zero-order chi connectivity index (χ0) is 15.6. The van der Waals surface area contributed by atoms with Gasteiger partial charge in [0.05, 0.1) is 15.5 Å². The van der Waals surface area contributed by atoms with E-state index in [0.717, 1.165) is 10.0 Å². The molecule has 2 aromatic rings. The quantitative estimate of drug-likeness (QED) is 0.875. The molecule has 1 aromatic carbocycles. The lowest BCUT2D eigenvalue weighted by atomic mass is 10.2. The maximum Gasteiger partial charge on any atom is 0.263 e. The fourth-order valence-corrected chi connectivity index (χ4v) is 3.07. The second-order valence-corrected chi connectivity index (χ2v) is 7.12. The highest BCUT2D eigenvalue weighted by Crippen LogP contribution is 2.23. The molecular formula is C13H9BrClN3O2S. The number of anilines is 1. The van der Waals surface area contributed by atoms with E-state index in [1.165, 1.54) is 24.4 Å². The molecule has 0 bridgehead atoms. The summed E-state index contributed by atoms with van der Waals surface area (Å²) in [4.78, 5) is 3.95. The smallest absolute Gasteiger partial charge is 0.263 e. The van der Waals surface area contributed by atoms with Crippen molar-refractivity contribution in [1.29, 1.82) is 5.26 Å². The van der Waals surface area contributed by atoms with E-state index in [-0.39, 0.29) is 21.3 Å². The van der Waals surface area contributed by atoms with Gasteiger partial charge in [0.15, 0.2) is 0 Å². The van der Waals surface area contributed by atoms with Gasteiger partial charge in [0.25, 0.3) is 10.0 Å². The van der Waals surface area contributed by atoms with E-state index in [1.807, 2.05) is 13.0 Å². The molecule has 21 heavy (non-hydrogen) atoms. The number of nitrogens with one attached hydrogen (secondary N) is 1. The molecule has 0 saturated heterocycles. The topological polar surface area (TPSA) is 82.9 Å². The van der Waals surface area contributed by atoms with Crippen LogP contribution in [0.4, 0.5) is 5.82 Å². The molecule has 0 atom stereocenters. The maximum atomic E-state index is 12.2. The second-order valence-electron chi connectivity index (χ2n) is 4.18. The van der Waals surface area contributed by atoms with Gasteiger partial charge in [-0.3, -0.25) is 4.72 Å². The molecule has 108 valence electrons. The first-order valence-electron chi connectivity index (χ1n) is 5.68. The molecule has 0 aliphatic carbocycles. The number of hydrogen-bond acceptors (Lipinski definition) is 4. The minimum absolute atomic E-state index is 0.0335. The van der Waals surface area contributed by atoms with Crippen molar-refractivity contribution in [2.75, 3.05) is 4.72 Å². The number of benzene rings is 1. The highest BCUT2D eigenvalue weighted by atomic mass is 79.9. The number of rotatable bonds is 3. The number of aryl methyl sites for hydroxylation is 1. The normalized spacial score (nSPS) is 11.0. The number of hydrogen-bond donors (Lipinski definition) is 1. The van der Waals surface area contributed by atoms with Gasteiger partial charge < -0.3 is 0 Å². The molecule has 1 N–H and O–H groups in total. The van der Waals surface area contributed by atoms with E-state index < -0.39 is 10.0 Å². The molecular weight excluding hydrogens is 378 g/mol. The van der Waals surface area contributed by atoms with Crippen LogP contribution < -0.4 is 4.72 Å². The SMILES string of the molecule is Cc1cc(NS(=O)(=O)c2ccc(C#N)c(Cl)c2)ncc1Br. The highest BCUT2D eigenvalue weighted by molar-refractivity contribution is 9.10. The first-order valence-corrected chi connectivity index (χ1v) is 8.33. The summed E-state index contributed by atoms with van der Waals surface area (Å²) >= 11 is 9.14. The zero-order valence-electron chi connectivity index (χ0n) is 10.8. The molecule has 5 nitrogen and oxygen atoms in total. The Bertz CT molecular complexity index is 847. The summed E-state index contributed by atoms with van der Waals surface area (Å²) in [7, 11) is -3.81. The Morgan fingerprint density at radius 3 is 2.67 bits per heavy atom. The number of halogens is 2. The Morgan fingerprint density at radius 1 is 1.38 bits per heavy atom. The molecule has 0 unspecified atom stereocenters. The number of sulfonamides is 1. The second kappa shape index (κ2) is 6.02. The van der Waals surface area contributed by atoms with Gasteiger partial charge in [-0.2, -0.15) is 5.26 Å². The third-order valence-electron chi connectivity index (χ3n) is 2.66. The molecule has 0 aliphatic heterocycles. The van der Waals surface area contributed by atoms with Crippen LogP contribution >= 0.6 is 27.5 Å². The van der Waals surface area contributed by atoms with Crippen LogP contribution in [0, 0.1) is 18.3 Å². The monoisotopic (exact) mass is 385 g/mol. The van der Waals surface area contributed by atoms with Gasteiger partial charge in [-0.15, -0.1) is 0 Å².